The first-order valence-corrected chi connectivity index (χ1v) is 21.2. The van der Waals surface area contributed by atoms with Gasteiger partial charge in [0.1, 0.15) is 5.66 Å². The Labute approximate surface area is 358 Å². The number of nitrogens with zero attached hydrogens (tertiary/aromatic N) is 3. The van der Waals surface area contributed by atoms with Crippen molar-refractivity contribution in [2.75, 3.05) is 9.80 Å². The highest BCUT2D eigenvalue weighted by molar-refractivity contribution is 5.99. The fourth-order valence-corrected chi connectivity index (χ4v) is 8.13. The fraction of sp³-hybridized carbons (Fsp3) is 0.161. The summed E-state index contributed by atoms with van der Waals surface area (Å²) >= 11 is 0. The van der Waals surface area contributed by atoms with Gasteiger partial charge in [-0.1, -0.05) is 172 Å². The van der Waals surface area contributed by atoms with Crippen molar-refractivity contribution in [1.82, 2.24) is 5.32 Å². The maximum Gasteiger partial charge on any atom is 0.134 e. The molecule has 8 rings (SSSR count). The zero-order chi connectivity index (χ0) is 41.9. The van der Waals surface area contributed by atoms with Crippen LogP contribution in [0.5, 0.6) is 0 Å². The van der Waals surface area contributed by atoms with E-state index in [0.29, 0.717) is 6.54 Å². The lowest BCUT2D eigenvalue weighted by Gasteiger charge is -2.31. The van der Waals surface area contributed by atoms with Gasteiger partial charge in [-0.3, -0.25) is 10.3 Å². The van der Waals surface area contributed by atoms with Gasteiger partial charge in [-0.05, 0) is 103 Å². The molecule has 2 heterocycles. The third-order valence-electron chi connectivity index (χ3n) is 11.1. The van der Waals surface area contributed by atoms with Gasteiger partial charge in [0, 0.05) is 52.7 Å². The Morgan fingerprint density at radius 1 is 0.750 bits per heavy atom. The molecule has 0 amide bonds. The molecular formula is C56H56N4. The Balaban J connectivity index is 0.00000268. The second-order valence-electron chi connectivity index (χ2n) is 15.0. The second-order valence-corrected chi connectivity index (χ2v) is 15.0. The zero-order valence-corrected chi connectivity index (χ0v) is 35.6. The molecule has 0 aromatic heterocycles. The van der Waals surface area contributed by atoms with E-state index >= 15 is 0 Å². The third kappa shape index (κ3) is 8.95. The smallest absolute Gasteiger partial charge is 0.134 e. The van der Waals surface area contributed by atoms with Crippen LogP contribution in [0.1, 0.15) is 68.0 Å². The van der Waals surface area contributed by atoms with E-state index in [4.69, 9.17) is 11.6 Å². The monoisotopic (exact) mass is 784 g/mol. The predicted octanol–water partition coefficient (Wildman–Crippen LogP) is 14.2. The van der Waals surface area contributed by atoms with Crippen LogP contribution in [0.3, 0.4) is 0 Å². The molecule has 1 unspecified atom stereocenters. The summed E-state index contributed by atoms with van der Waals surface area (Å²) in [7, 11) is 0. The summed E-state index contributed by atoms with van der Waals surface area (Å²) in [5, 5.41) is 3.85. The van der Waals surface area contributed by atoms with Crippen LogP contribution in [0, 0.1) is 0 Å². The Morgan fingerprint density at radius 2 is 1.40 bits per heavy atom. The average molecular weight is 785 g/mol. The van der Waals surface area contributed by atoms with Gasteiger partial charge < -0.3 is 9.80 Å². The lowest BCUT2D eigenvalue weighted by Crippen LogP contribution is -2.38. The van der Waals surface area contributed by atoms with Gasteiger partial charge >= 0.3 is 0 Å². The topological polar surface area (TPSA) is 30.9 Å². The summed E-state index contributed by atoms with van der Waals surface area (Å²) in [4.78, 5) is 10.2. The molecule has 1 atom stereocenters. The molecule has 4 heteroatoms. The highest BCUT2D eigenvalue weighted by Gasteiger charge is 2.32. The number of fused-ring (bicyclic) bond motifs is 2. The van der Waals surface area contributed by atoms with Crippen molar-refractivity contribution >= 4 is 34.0 Å². The number of para-hydroxylation sites is 2. The number of benzene rings is 6. The van der Waals surface area contributed by atoms with Crippen LogP contribution in [0.4, 0.5) is 22.7 Å². The van der Waals surface area contributed by atoms with Crippen LogP contribution in [0.15, 0.2) is 217 Å². The number of hydrogen-bond acceptors (Lipinski definition) is 4. The summed E-state index contributed by atoms with van der Waals surface area (Å²) in [5.74, 6) is 0. The van der Waals surface area contributed by atoms with Crippen LogP contribution in [0.25, 0.3) is 5.57 Å². The summed E-state index contributed by atoms with van der Waals surface area (Å²) in [5.41, 5.74) is 15.1. The number of aliphatic imine (C=N–C) groups is 1. The standard InChI is InChI=1S/C54H50N4.C2H6/c1-5-6-29-48-38-51-50(49-33-18-16-26-44-27-17-19-35-52(44)57(41(49)3)46-30-14-9-15-31-46)34-21-36-53(51)58(48)47-32-20-28-45(37-47)54(4,55-39-42-22-10-7-11-23-42)56-40(2)43-24-12-8-13-25-43;1-2/h5-25,27-37,55H,3,26,38-39H2,1-2,4H3;1-2H3/b6-5-,18-16-,48-29+,49-33+,56-40+;. The molecule has 0 bridgehead atoms. The lowest BCUT2D eigenvalue weighted by atomic mass is 9.94. The van der Waals surface area contributed by atoms with E-state index in [2.05, 4.69) is 224 Å². The molecule has 2 aliphatic heterocycles. The fourth-order valence-electron chi connectivity index (χ4n) is 8.13. The van der Waals surface area contributed by atoms with Crippen molar-refractivity contribution in [2.24, 2.45) is 4.99 Å². The normalized spacial score (nSPS) is 17.0. The third-order valence-corrected chi connectivity index (χ3v) is 11.1. The first-order valence-electron chi connectivity index (χ1n) is 21.2. The van der Waals surface area contributed by atoms with Gasteiger partial charge in [0.05, 0.1) is 5.69 Å². The minimum Gasteiger partial charge on any atom is -0.314 e. The van der Waals surface area contributed by atoms with Gasteiger partial charge in [-0.15, -0.1) is 0 Å². The summed E-state index contributed by atoms with van der Waals surface area (Å²) < 4.78 is 0. The summed E-state index contributed by atoms with van der Waals surface area (Å²) in [6.45, 7) is 15.9. The van der Waals surface area contributed by atoms with Crippen LogP contribution in [-0.2, 0) is 25.0 Å². The molecule has 0 fully saturated rings. The van der Waals surface area contributed by atoms with E-state index < -0.39 is 5.66 Å². The molecule has 0 aliphatic carbocycles. The Morgan fingerprint density at radius 3 is 2.15 bits per heavy atom. The van der Waals surface area contributed by atoms with Crippen LogP contribution in [0.2, 0.25) is 0 Å². The molecule has 0 saturated carbocycles. The quantitative estimate of drug-likeness (QED) is 0.140. The predicted molar refractivity (Wildman–Crippen MR) is 257 cm³/mol. The SMILES string of the molecule is C=C1/C(c2cccc3c2C/C(=C\C=C/C)N3c2cccc(C(C)(/N=C(\C)c3ccccc3)NCc3ccccc3)c2)=C\C=C/Cc2ccccc2N1c1ccccc1.CC. The van der Waals surface area contributed by atoms with Crippen LogP contribution < -0.4 is 15.1 Å². The molecule has 6 aromatic carbocycles. The molecule has 300 valence electrons. The minimum atomic E-state index is -0.715. The van der Waals surface area contributed by atoms with Gasteiger partial charge in [0.25, 0.3) is 0 Å². The first-order chi connectivity index (χ1) is 29.4. The Hall–Kier alpha value is -6.75. The Bertz CT molecular complexity index is 2560. The molecule has 60 heavy (non-hydrogen) atoms. The maximum absolute atomic E-state index is 5.43. The first kappa shape index (κ1) is 41.4. The van der Waals surface area contributed by atoms with Gasteiger partial charge in [-0.25, -0.2) is 0 Å². The van der Waals surface area contributed by atoms with Crippen LogP contribution in [-0.4, -0.2) is 5.71 Å². The van der Waals surface area contributed by atoms with Gasteiger partial charge in [0.2, 0.25) is 0 Å². The van der Waals surface area contributed by atoms with Crippen molar-refractivity contribution in [2.45, 2.75) is 59.7 Å². The molecule has 0 spiro atoms. The molecule has 4 nitrogen and oxygen atoms in total. The molecular weight excluding hydrogens is 729 g/mol. The van der Waals surface area contributed by atoms with E-state index in [0.717, 1.165) is 63.7 Å². The number of anilines is 4. The summed E-state index contributed by atoms with van der Waals surface area (Å²) in [6.07, 6.45) is 14.8. The highest BCUT2D eigenvalue weighted by atomic mass is 15.2. The van der Waals surface area contributed by atoms with Gasteiger partial charge in [-0.2, -0.15) is 0 Å². The maximum atomic E-state index is 5.43. The van der Waals surface area contributed by atoms with Crippen molar-refractivity contribution in [3.05, 3.63) is 246 Å². The van der Waals surface area contributed by atoms with Crippen molar-refractivity contribution in [1.29, 1.82) is 0 Å². The van der Waals surface area contributed by atoms with E-state index in [1.807, 2.05) is 19.9 Å². The number of allylic oxidation sites excluding steroid dienone is 8. The van der Waals surface area contributed by atoms with E-state index in [9.17, 15) is 0 Å². The lowest BCUT2D eigenvalue weighted by molar-refractivity contribution is 0.381. The van der Waals surface area contributed by atoms with Crippen molar-refractivity contribution < 1.29 is 0 Å². The molecule has 1 N–H and O–H groups in total. The van der Waals surface area contributed by atoms with E-state index in [1.165, 1.54) is 28.0 Å². The largest absolute Gasteiger partial charge is 0.314 e. The van der Waals surface area contributed by atoms with E-state index in [-0.39, 0.29) is 0 Å². The molecule has 0 saturated heterocycles. The van der Waals surface area contributed by atoms with Crippen molar-refractivity contribution in [3.8, 4) is 0 Å². The number of nitrogens with one attached hydrogen (secondary N) is 1. The second kappa shape index (κ2) is 19.3. The Kier molecular flexibility index (Phi) is 13.3. The zero-order valence-electron chi connectivity index (χ0n) is 35.6. The van der Waals surface area contributed by atoms with Gasteiger partial charge in [0.15, 0.2) is 0 Å². The molecule has 6 aromatic rings. The summed E-state index contributed by atoms with van der Waals surface area (Å²) in [6, 6.07) is 55.8. The van der Waals surface area contributed by atoms with Crippen molar-refractivity contribution in [3.63, 3.8) is 0 Å². The molecule has 2 aliphatic rings. The minimum absolute atomic E-state index is 0.674. The van der Waals surface area contributed by atoms with E-state index in [1.54, 1.807) is 0 Å². The number of rotatable bonds is 10. The highest BCUT2D eigenvalue weighted by Crippen LogP contribution is 2.47. The average Bonchev–Trinajstić information content (AvgIpc) is 3.71. The number of hydrogen-bond donors (Lipinski definition) is 1. The molecule has 0 radical (unpaired) electrons. The van der Waals surface area contributed by atoms with Crippen LogP contribution >= 0.6 is 0 Å².